The van der Waals surface area contributed by atoms with Gasteiger partial charge < -0.3 is 14.8 Å². The standard InChI is InChI=1S/C30H40N2O6.H2/c1-6-27(33)26-12-11-24(17-31-26)22-7-9-23(10-8-22)30(36)32-25(18-37-15-13-28(34)20(2)3)19-38-16-14-29(35)21(4)5;/h7-12,17,20-21,25H,6,13-16,18-19H2,1-5H3,(H,32,36);1H. The maximum atomic E-state index is 12.9. The average Bonchev–Trinajstić information content (AvgIpc) is 2.92. The molecule has 2 aromatic rings. The first kappa shape index (κ1) is 31.0. The van der Waals surface area contributed by atoms with E-state index in [1.807, 2.05) is 45.9 Å². The molecule has 2 rings (SSSR count). The lowest BCUT2D eigenvalue weighted by Gasteiger charge is -2.19. The van der Waals surface area contributed by atoms with Crippen LogP contribution in [0.1, 0.15) is 76.2 Å². The molecule has 8 nitrogen and oxygen atoms in total. The van der Waals surface area contributed by atoms with Gasteiger partial charge in [-0.2, -0.15) is 0 Å². The van der Waals surface area contributed by atoms with Gasteiger partial charge in [0, 0.05) is 49.8 Å². The Bertz CT molecular complexity index is 1040. The summed E-state index contributed by atoms with van der Waals surface area (Å²) in [5, 5.41) is 2.93. The molecule has 0 aliphatic heterocycles. The van der Waals surface area contributed by atoms with E-state index in [4.69, 9.17) is 9.47 Å². The molecule has 0 radical (unpaired) electrons. The molecular formula is C30H42N2O6. The smallest absolute Gasteiger partial charge is 0.251 e. The number of benzene rings is 1. The monoisotopic (exact) mass is 526 g/mol. The van der Waals surface area contributed by atoms with Gasteiger partial charge in [-0.05, 0) is 23.8 Å². The summed E-state index contributed by atoms with van der Waals surface area (Å²) in [5.41, 5.74) is 2.62. The second kappa shape index (κ2) is 15.9. The summed E-state index contributed by atoms with van der Waals surface area (Å²) >= 11 is 0. The third-order valence-electron chi connectivity index (χ3n) is 6.10. The van der Waals surface area contributed by atoms with Crippen LogP contribution < -0.4 is 5.32 Å². The zero-order valence-corrected chi connectivity index (χ0v) is 23.1. The first-order valence-electron chi connectivity index (χ1n) is 13.2. The number of carbonyl (C=O) groups excluding carboxylic acids is 4. The Balaban J connectivity index is 0.00000760. The highest BCUT2D eigenvalue weighted by molar-refractivity contribution is 5.95. The Kier molecular flexibility index (Phi) is 13.0. The second-order valence-electron chi connectivity index (χ2n) is 9.85. The Labute approximate surface area is 227 Å². The molecule has 0 aliphatic rings. The summed E-state index contributed by atoms with van der Waals surface area (Å²) in [6.45, 7) is 10.1. The van der Waals surface area contributed by atoms with E-state index in [1.165, 1.54) is 0 Å². The van der Waals surface area contributed by atoms with Crippen molar-refractivity contribution in [3.63, 3.8) is 0 Å². The highest BCUT2D eigenvalue weighted by Gasteiger charge is 2.17. The van der Waals surface area contributed by atoms with Gasteiger partial charge >= 0.3 is 0 Å². The number of hydrogen-bond donors (Lipinski definition) is 1. The number of nitrogens with one attached hydrogen (secondary N) is 1. The van der Waals surface area contributed by atoms with Crippen molar-refractivity contribution in [1.82, 2.24) is 10.3 Å². The Morgan fingerprint density at radius 2 is 1.34 bits per heavy atom. The molecule has 0 spiro atoms. The molecule has 0 bridgehead atoms. The summed E-state index contributed by atoms with van der Waals surface area (Å²) in [6, 6.07) is 10.2. The van der Waals surface area contributed by atoms with Gasteiger partial charge in [0.2, 0.25) is 0 Å². The minimum Gasteiger partial charge on any atom is -0.379 e. The molecule has 1 aromatic carbocycles. The van der Waals surface area contributed by atoms with E-state index in [2.05, 4.69) is 10.3 Å². The van der Waals surface area contributed by atoms with Crippen LogP contribution in [0, 0.1) is 11.8 Å². The van der Waals surface area contributed by atoms with Crippen LogP contribution in [0.2, 0.25) is 0 Å². The Morgan fingerprint density at radius 1 is 0.816 bits per heavy atom. The maximum Gasteiger partial charge on any atom is 0.251 e. The third kappa shape index (κ3) is 10.3. The van der Waals surface area contributed by atoms with Crippen LogP contribution in [0.5, 0.6) is 0 Å². The molecule has 1 heterocycles. The summed E-state index contributed by atoms with van der Waals surface area (Å²) in [5.74, 6) is -0.152. The summed E-state index contributed by atoms with van der Waals surface area (Å²) in [6.07, 6.45) is 2.67. The quantitative estimate of drug-likeness (QED) is 0.229. The SMILES string of the molecule is CCC(=O)c1ccc(-c2ccc(C(=O)NC(COCCC(=O)C(C)C)COCCC(=O)C(C)C)cc2)cn1.[HH]. The number of pyridine rings is 1. The van der Waals surface area contributed by atoms with Crippen molar-refractivity contribution in [2.45, 2.75) is 59.9 Å². The van der Waals surface area contributed by atoms with Crippen molar-refractivity contribution in [2.24, 2.45) is 11.8 Å². The Hall–Kier alpha value is -3.23. The fourth-order valence-electron chi connectivity index (χ4n) is 3.50. The van der Waals surface area contributed by atoms with Gasteiger partial charge in [-0.3, -0.25) is 24.2 Å². The summed E-state index contributed by atoms with van der Waals surface area (Å²) in [4.78, 5) is 52.7. The summed E-state index contributed by atoms with van der Waals surface area (Å²) in [7, 11) is 0. The van der Waals surface area contributed by atoms with Gasteiger partial charge in [0.05, 0.1) is 32.5 Å². The molecule has 1 aromatic heterocycles. The number of amides is 1. The van der Waals surface area contributed by atoms with Crippen LogP contribution in [-0.4, -0.2) is 60.7 Å². The van der Waals surface area contributed by atoms with Gasteiger partial charge in [-0.1, -0.05) is 52.8 Å². The van der Waals surface area contributed by atoms with E-state index < -0.39 is 6.04 Å². The molecule has 0 atom stereocenters. The van der Waals surface area contributed by atoms with E-state index in [-0.39, 0.29) is 62.9 Å². The number of ketones is 3. The molecule has 8 heteroatoms. The van der Waals surface area contributed by atoms with E-state index in [0.29, 0.717) is 30.5 Å². The average molecular weight is 527 g/mol. The fraction of sp³-hybridized carbons (Fsp3) is 0.500. The van der Waals surface area contributed by atoms with Gasteiger partial charge in [-0.25, -0.2) is 0 Å². The van der Waals surface area contributed by atoms with Gasteiger partial charge in [0.1, 0.15) is 17.3 Å². The predicted molar refractivity (Wildman–Crippen MR) is 148 cm³/mol. The molecule has 0 fully saturated rings. The largest absolute Gasteiger partial charge is 0.379 e. The lowest BCUT2D eigenvalue weighted by molar-refractivity contribution is -0.123. The lowest BCUT2D eigenvalue weighted by atomic mass is 10.0. The van der Waals surface area contributed by atoms with E-state index in [1.54, 1.807) is 31.3 Å². The molecular weight excluding hydrogens is 484 g/mol. The van der Waals surface area contributed by atoms with Crippen molar-refractivity contribution >= 4 is 23.3 Å². The van der Waals surface area contributed by atoms with E-state index >= 15 is 0 Å². The molecule has 0 saturated heterocycles. The minimum atomic E-state index is -0.446. The third-order valence-corrected chi connectivity index (χ3v) is 6.10. The second-order valence-corrected chi connectivity index (χ2v) is 9.85. The zero-order valence-electron chi connectivity index (χ0n) is 23.1. The maximum absolute atomic E-state index is 12.9. The number of ether oxygens (including phenoxy) is 2. The molecule has 38 heavy (non-hydrogen) atoms. The number of carbonyl (C=O) groups is 4. The van der Waals surface area contributed by atoms with Crippen molar-refractivity contribution in [2.75, 3.05) is 26.4 Å². The number of Topliss-reactive ketones (excluding diaryl/α,β-unsaturated/α-hetero) is 3. The minimum absolute atomic E-state index is 0. The predicted octanol–water partition coefficient (Wildman–Crippen LogP) is 4.95. The number of aromatic nitrogens is 1. The van der Waals surface area contributed by atoms with E-state index in [9.17, 15) is 19.2 Å². The highest BCUT2D eigenvalue weighted by atomic mass is 16.5. The number of rotatable bonds is 17. The van der Waals surface area contributed by atoms with Crippen molar-refractivity contribution in [3.8, 4) is 11.1 Å². The van der Waals surface area contributed by atoms with Crippen LogP contribution in [0.4, 0.5) is 0 Å². The van der Waals surface area contributed by atoms with Crippen LogP contribution in [0.15, 0.2) is 42.6 Å². The van der Waals surface area contributed by atoms with Gasteiger partial charge in [0.25, 0.3) is 5.91 Å². The van der Waals surface area contributed by atoms with Gasteiger partial charge in [0.15, 0.2) is 5.78 Å². The molecule has 1 N–H and O–H groups in total. The van der Waals surface area contributed by atoms with Crippen molar-refractivity contribution in [1.29, 1.82) is 0 Å². The molecule has 0 saturated carbocycles. The topological polar surface area (TPSA) is 112 Å². The van der Waals surface area contributed by atoms with Crippen LogP contribution in [0.3, 0.4) is 0 Å². The first-order valence-corrected chi connectivity index (χ1v) is 13.2. The lowest BCUT2D eigenvalue weighted by Crippen LogP contribution is -2.42. The van der Waals surface area contributed by atoms with Crippen LogP contribution in [-0.2, 0) is 19.1 Å². The normalized spacial score (nSPS) is 11.3. The van der Waals surface area contributed by atoms with Gasteiger partial charge in [-0.15, -0.1) is 0 Å². The molecule has 208 valence electrons. The van der Waals surface area contributed by atoms with Crippen molar-refractivity contribution in [3.05, 3.63) is 53.9 Å². The van der Waals surface area contributed by atoms with Crippen LogP contribution >= 0.6 is 0 Å². The number of nitrogens with zero attached hydrogens (tertiary/aromatic N) is 1. The molecule has 1 amide bonds. The number of hydrogen-bond acceptors (Lipinski definition) is 7. The fourth-order valence-corrected chi connectivity index (χ4v) is 3.50. The zero-order chi connectivity index (χ0) is 28.1. The van der Waals surface area contributed by atoms with Crippen LogP contribution in [0.25, 0.3) is 11.1 Å². The van der Waals surface area contributed by atoms with Crippen molar-refractivity contribution < 1.29 is 30.1 Å². The molecule has 0 unspecified atom stereocenters. The summed E-state index contributed by atoms with van der Waals surface area (Å²) < 4.78 is 11.3. The molecule has 0 aliphatic carbocycles. The van der Waals surface area contributed by atoms with E-state index in [0.717, 1.165) is 11.1 Å². The Morgan fingerprint density at radius 3 is 1.79 bits per heavy atom. The highest BCUT2D eigenvalue weighted by Crippen LogP contribution is 2.19. The first-order chi connectivity index (χ1) is 18.1.